The molecular formula is C12H10N4O. The van der Waals surface area contributed by atoms with Gasteiger partial charge >= 0.3 is 0 Å². The molecule has 1 N–H and O–H groups in total. The van der Waals surface area contributed by atoms with Crippen molar-refractivity contribution in [1.29, 1.82) is 0 Å². The Kier molecular flexibility index (Phi) is 2.22. The minimum atomic E-state index is 0.0938. The van der Waals surface area contributed by atoms with Gasteiger partial charge in [-0.2, -0.15) is 0 Å². The van der Waals surface area contributed by atoms with Crippen molar-refractivity contribution in [1.82, 2.24) is 19.5 Å². The van der Waals surface area contributed by atoms with E-state index in [9.17, 15) is 5.11 Å². The molecule has 0 aliphatic carbocycles. The second kappa shape index (κ2) is 3.86. The number of aromatic hydroxyl groups is 1. The van der Waals surface area contributed by atoms with E-state index in [1.807, 2.05) is 30.3 Å². The number of nitrogens with zero attached hydrogens (tertiary/aromatic N) is 4. The van der Waals surface area contributed by atoms with Crippen molar-refractivity contribution in [2.75, 3.05) is 0 Å². The fraction of sp³-hybridized carbons (Fsp3) is 0.0833. The summed E-state index contributed by atoms with van der Waals surface area (Å²) < 4.78 is 1.65. The molecule has 0 bridgehead atoms. The molecule has 0 saturated carbocycles. The topological polar surface area (TPSA) is 63.8 Å². The van der Waals surface area contributed by atoms with E-state index in [1.165, 1.54) is 6.33 Å². The van der Waals surface area contributed by atoms with Gasteiger partial charge in [-0.3, -0.25) is 4.57 Å². The fourth-order valence-electron chi connectivity index (χ4n) is 1.72. The van der Waals surface area contributed by atoms with Gasteiger partial charge in [0.2, 0.25) is 5.88 Å². The first-order chi connectivity index (χ1) is 8.34. The van der Waals surface area contributed by atoms with Crippen molar-refractivity contribution in [3.63, 3.8) is 0 Å². The molecule has 1 aromatic carbocycles. The molecule has 84 valence electrons. The van der Waals surface area contributed by atoms with Crippen molar-refractivity contribution < 1.29 is 5.11 Å². The molecule has 0 radical (unpaired) electrons. The molecule has 2 heterocycles. The fourth-order valence-corrected chi connectivity index (χ4v) is 1.72. The number of rotatable bonds is 2. The summed E-state index contributed by atoms with van der Waals surface area (Å²) in [5, 5.41) is 10.0. The number of imidazole rings is 1. The van der Waals surface area contributed by atoms with Crippen molar-refractivity contribution >= 4 is 0 Å². The Morgan fingerprint density at radius 2 is 1.88 bits per heavy atom. The largest absolute Gasteiger partial charge is 0.493 e. The van der Waals surface area contributed by atoms with Crippen LogP contribution in [0.15, 0.2) is 43.0 Å². The van der Waals surface area contributed by atoms with Crippen LogP contribution < -0.4 is 0 Å². The maximum atomic E-state index is 10.0. The Bertz CT molecular complexity index is 605. The first kappa shape index (κ1) is 9.77. The molecule has 0 unspecified atom stereocenters. The standard InChI is InChI=1S/C12H10N4O/c17-12-10-11(14-7-13-10)15-8-16(12)6-9-4-2-1-3-5-9/h1-5,7-8,17H,6H2. The van der Waals surface area contributed by atoms with Crippen LogP contribution in [-0.4, -0.2) is 24.6 Å². The van der Waals surface area contributed by atoms with Crippen LogP contribution in [0.25, 0.3) is 11.5 Å². The maximum absolute atomic E-state index is 10.0. The van der Waals surface area contributed by atoms with Crippen molar-refractivity contribution in [3.05, 3.63) is 48.5 Å². The van der Waals surface area contributed by atoms with Crippen molar-refractivity contribution in [2.24, 2.45) is 0 Å². The second-order valence-corrected chi connectivity index (χ2v) is 3.73. The van der Waals surface area contributed by atoms with E-state index in [-0.39, 0.29) is 5.88 Å². The Labute approximate surface area is 97.8 Å². The highest BCUT2D eigenvalue weighted by atomic mass is 16.3. The van der Waals surface area contributed by atoms with Crippen LogP contribution in [0, 0.1) is 0 Å². The molecule has 1 aromatic rings. The van der Waals surface area contributed by atoms with E-state index in [0.29, 0.717) is 18.1 Å². The molecule has 0 atom stereocenters. The molecular weight excluding hydrogens is 216 g/mol. The zero-order chi connectivity index (χ0) is 11.7. The van der Waals surface area contributed by atoms with E-state index in [0.717, 1.165) is 5.56 Å². The molecule has 0 spiro atoms. The van der Waals surface area contributed by atoms with Crippen LogP contribution in [0.3, 0.4) is 0 Å². The molecule has 0 amide bonds. The van der Waals surface area contributed by atoms with Gasteiger partial charge in [-0.15, -0.1) is 0 Å². The van der Waals surface area contributed by atoms with Crippen LogP contribution in [0.4, 0.5) is 0 Å². The number of fused-ring (bicyclic) bond motifs is 1. The predicted octanol–water partition coefficient (Wildman–Crippen LogP) is 1.53. The van der Waals surface area contributed by atoms with E-state index in [1.54, 1.807) is 10.9 Å². The zero-order valence-electron chi connectivity index (χ0n) is 8.98. The Morgan fingerprint density at radius 1 is 1.06 bits per heavy atom. The van der Waals surface area contributed by atoms with Crippen LogP contribution in [0.5, 0.6) is 5.88 Å². The van der Waals surface area contributed by atoms with Gasteiger partial charge in [0.15, 0.2) is 11.5 Å². The molecule has 5 nitrogen and oxygen atoms in total. The highest BCUT2D eigenvalue weighted by Gasteiger charge is 2.15. The molecule has 0 aromatic heterocycles. The predicted molar refractivity (Wildman–Crippen MR) is 61.6 cm³/mol. The number of hydrogen-bond acceptors (Lipinski definition) is 4. The molecule has 0 fully saturated rings. The number of hydrogen-bond donors (Lipinski definition) is 1. The van der Waals surface area contributed by atoms with Gasteiger partial charge < -0.3 is 5.11 Å². The third-order valence-electron chi connectivity index (χ3n) is 2.58. The first-order valence-electron chi connectivity index (χ1n) is 5.23. The van der Waals surface area contributed by atoms with Gasteiger partial charge in [0.25, 0.3) is 0 Å². The minimum absolute atomic E-state index is 0.0938. The van der Waals surface area contributed by atoms with Crippen LogP contribution in [-0.2, 0) is 6.54 Å². The van der Waals surface area contributed by atoms with Crippen molar-refractivity contribution in [2.45, 2.75) is 6.54 Å². The molecule has 3 rings (SSSR count). The highest BCUT2D eigenvalue weighted by molar-refractivity contribution is 5.56. The van der Waals surface area contributed by atoms with Gasteiger partial charge in [-0.05, 0) is 5.56 Å². The smallest absolute Gasteiger partial charge is 0.223 e. The molecule has 2 aliphatic rings. The summed E-state index contributed by atoms with van der Waals surface area (Å²) in [6.07, 6.45) is 2.96. The quantitative estimate of drug-likeness (QED) is 0.719. The summed E-state index contributed by atoms with van der Waals surface area (Å²) in [5.74, 6) is 0.558. The second-order valence-electron chi connectivity index (χ2n) is 3.73. The van der Waals surface area contributed by atoms with Gasteiger partial charge in [0.1, 0.15) is 12.7 Å². The third kappa shape index (κ3) is 1.71. The summed E-state index contributed by atoms with van der Waals surface area (Å²) in [5.41, 5.74) is 1.52. The number of benzene rings is 1. The van der Waals surface area contributed by atoms with E-state index < -0.39 is 0 Å². The lowest BCUT2D eigenvalue weighted by molar-refractivity contribution is 0.416. The highest BCUT2D eigenvalue weighted by Crippen LogP contribution is 2.25. The normalized spacial score (nSPS) is 10.8. The average molecular weight is 226 g/mol. The molecule has 2 aliphatic heterocycles. The molecule has 0 saturated heterocycles. The zero-order valence-corrected chi connectivity index (χ0v) is 8.98. The average Bonchev–Trinajstić information content (AvgIpc) is 2.83. The summed E-state index contributed by atoms with van der Waals surface area (Å²) in [4.78, 5) is 12.0. The lowest BCUT2D eigenvalue weighted by Gasteiger charge is -2.10. The Hall–Kier alpha value is -2.43. The minimum Gasteiger partial charge on any atom is -0.493 e. The van der Waals surface area contributed by atoms with Gasteiger partial charge in [-0.1, -0.05) is 30.3 Å². The summed E-state index contributed by atoms with van der Waals surface area (Å²) in [6.45, 7) is 0.558. The Morgan fingerprint density at radius 3 is 2.71 bits per heavy atom. The lowest BCUT2D eigenvalue weighted by atomic mass is 10.2. The Balaban J connectivity index is 2.01. The van der Waals surface area contributed by atoms with E-state index in [2.05, 4.69) is 15.0 Å². The van der Waals surface area contributed by atoms with Gasteiger partial charge in [-0.25, -0.2) is 15.0 Å². The third-order valence-corrected chi connectivity index (χ3v) is 2.58. The first-order valence-corrected chi connectivity index (χ1v) is 5.23. The summed E-state index contributed by atoms with van der Waals surface area (Å²) >= 11 is 0. The molecule has 5 heteroatoms. The van der Waals surface area contributed by atoms with Crippen LogP contribution in [0.2, 0.25) is 0 Å². The monoisotopic (exact) mass is 226 g/mol. The van der Waals surface area contributed by atoms with Gasteiger partial charge in [0, 0.05) is 0 Å². The van der Waals surface area contributed by atoms with E-state index in [4.69, 9.17) is 0 Å². The van der Waals surface area contributed by atoms with Crippen LogP contribution >= 0.6 is 0 Å². The summed E-state index contributed by atoms with van der Waals surface area (Å²) in [7, 11) is 0. The maximum Gasteiger partial charge on any atom is 0.223 e. The lowest BCUT2D eigenvalue weighted by Crippen LogP contribution is -2.04. The van der Waals surface area contributed by atoms with Gasteiger partial charge in [0.05, 0.1) is 6.54 Å². The van der Waals surface area contributed by atoms with Crippen molar-refractivity contribution in [3.8, 4) is 17.4 Å². The van der Waals surface area contributed by atoms with Crippen LogP contribution in [0.1, 0.15) is 5.56 Å². The SMILES string of the molecule is Oc1c2ncnc-2ncn1Cc1ccccc1. The number of aromatic nitrogens is 4. The summed E-state index contributed by atoms with van der Waals surface area (Å²) in [6, 6.07) is 9.86. The van der Waals surface area contributed by atoms with E-state index >= 15 is 0 Å². The molecule has 17 heavy (non-hydrogen) atoms.